The lowest BCUT2D eigenvalue weighted by Gasteiger charge is -2.28. The van der Waals surface area contributed by atoms with E-state index in [1.807, 2.05) is 0 Å². The van der Waals surface area contributed by atoms with E-state index in [0.29, 0.717) is 11.8 Å². The van der Waals surface area contributed by atoms with Crippen LogP contribution in [0.2, 0.25) is 0 Å². The smallest absolute Gasteiger partial charge is 0.171 e. The number of aromatic nitrogens is 2. The summed E-state index contributed by atoms with van der Waals surface area (Å²) in [5, 5.41) is 0. The molecule has 6 nitrogen and oxygen atoms in total. The van der Waals surface area contributed by atoms with Crippen molar-refractivity contribution in [2.45, 2.75) is 12.8 Å². The van der Waals surface area contributed by atoms with Gasteiger partial charge in [-0.25, -0.2) is 9.97 Å². The van der Waals surface area contributed by atoms with Crippen LogP contribution in [0, 0.1) is 11.8 Å². The van der Waals surface area contributed by atoms with Crippen LogP contribution < -0.4 is 9.80 Å². The van der Waals surface area contributed by atoms with Crippen LogP contribution in [0.4, 0.5) is 11.6 Å². The molecule has 0 amide bonds. The lowest BCUT2D eigenvalue weighted by atomic mass is 10.1. The molecule has 2 saturated heterocycles. The Hall–Kier alpha value is -1.40. The Morgan fingerprint density at radius 2 is 1.36 bits per heavy atom. The quantitative estimate of drug-likeness (QED) is 0.792. The van der Waals surface area contributed by atoms with E-state index in [2.05, 4.69) is 33.9 Å². The third kappa shape index (κ3) is 3.67. The van der Waals surface area contributed by atoms with Crippen LogP contribution in [-0.4, -0.2) is 63.6 Å². The first-order chi connectivity index (χ1) is 10.7. The average molecular weight is 306 g/mol. The van der Waals surface area contributed by atoms with Crippen molar-refractivity contribution >= 4 is 11.6 Å². The van der Waals surface area contributed by atoms with E-state index in [4.69, 9.17) is 9.47 Å². The molecule has 122 valence electrons. The van der Waals surface area contributed by atoms with Crippen LogP contribution in [-0.2, 0) is 9.47 Å². The molecular weight excluding hydrogens is 280 g/mol. The van der Waals surface area contributed by atoms with Crippen LogP contribution in [0.1, 0.15) is 12.8 Å². The van der Waals surface area contributed by atoms with Crippen molar-refractivity contribution in [2.75, 3.05) is 63.4 Å². The summed E-state index contributed by atoms with van der Waals surface area (Å²) in [5.41, 5.74) is 0. The van der Waals surface area contributed by atoms with Gasteiger partial charge in [0, 0.05) is 64.6 Å². The number of hydrogen-bond donors (Lipinski definition) is 0. The summed E-state index contributed by atoms with van der Waals surface area (Å²) in [5.74, 6) is 3.09. The minimum absolute atomic E-state index is 0.591. The van der Waals surface area contributed by atoms with Crippen molar-refractivity contribution in [3.63, 3.8) is 0 Å². The van der Waals surface area contributed by atoms with Gasteiger partial charge in [0.15, 0.2) is 11.6 Å². The highest BCUT2D eigenvalue weighted by atomic mass is 16.5. The van der Waals surface area contributed by atoms with Crippen LogP contribution in [0.15, 0.2) is 12.4 Å². The number of rotatable bonds is 6. The van der Waals surface area contributed by atoms with Gasteiger partial charge >= 0.3 is 0 Å². The van der Waals surface area contributed by atoms with E-state index < -0.39 is 0 Å². The summed E-state index contributed by atoms with van der Waals surface area (Å²) < 4.78 is 10.9. The summed E-state index contributed by atoms with van der Waals surface area (Å²) >= 11 is 0. The molecule has 22 heavy (non-hydrogen) atoms. The van der Waals surface area contributed by atoms with E-state index in [-0.39, 0.29) is 0 Å². The van der Waals surface area contributed by atoms with Crippen molar-refractivity contribution in [1.82, 2.24) is 9.97 Å². The molecule has 2 atom stereocenters. The first-order valence-corrected chi connectivity index (χ1v) is 8.13. The van der Waals surface area contributed by atoms with Crippen molar-refractivity contribution in [1.29, 1.82) is 0 Å². The zero-order valence-corrected chi connectivity index (χ0v) is 13.6. The second kappa shape index (κ2) is 7.24. The van der Waals surface area contributed by atoms with Crippen molar-refractivity contribution in [3.8, 4) is 0 Å². The summed E-state index contributed by atoms with van der Waals surface area (Å²) in [6.45, 7) is 5.41. The highest BCUT2D eigenvalue weighted by Gasteiger charge is 2.23. The van der Waals surface area contributed by atoms with Crippen molar-refractivity contribution in [3.05, 3.63) is 12.4 Å². The molecule has 6 heteroatoms. The predicted octanol–water partition coefficient (Wildman–Crippen LogP) is 1.42. The monoisotopic (exact) mass is 306 g/mol. The summed E-state index contributed by atoms with van der Waals surface area (Å²) in [7, 11) is 4.19. The van der Waals surface area contributed by atoms with Gasteiger partial charge in [-0.15, -0.1) is 0 Å². The molecular formula is C16H26N4O2. The first kappa shape index (κ1) is 15.5. The molecule has 0 unspecified atom stereocenters. The standard InChI is InChI=1S/C16H26N4O2/c1-19(9-13-3-7-21-11-13)15-16(18-6-5-17-15)20(2)10-14-4-8-22-12-14/h5-6,13-14H,3-4,7-12H2,1-2H3/t13-,14+. The molecule has 1 aromatic rings. The van der Waals surface area contributed by atoms with E-state index in [1.165, 1.54) is 0 Å². The fourth-order valence-corrected chi connectivity index (χ4v) is 3.26. The van der Waals surface area contributed by atoms with Crippen LogP contribution in [0.5, 0.6) is 0 Å². The molecule has 0 N–H and O–H groups in total. The van der Waals surface area contributed by atoms with Crippen LogP contribution >= 0.6 is 0 Å². The Kier molecular flexibility index (Phi) is 5.10. The number of anilines is 2. The van der Waals surface area contributed by atoms with Gasteiger partial charge in [0.1, 0.15) is 0 Å². The zero-order chi connectivity index (χ0) is 15.4. The Labute approximate surface area is 132 Å². The molecule has 3 rings (SSSR count). The second-order valence-corrected chi connectivity index (χ2v) is 6.42. The van der Waals surface area contributed by atoms with E-state index in [1.54, 1.807) is 12.4 Å². The zero-order valence-electron chi connectivity index (χ0n) is 13.6. The summed E-state index contributed by atoms with van der Waals surface area (Å²) in [6.07, 6.45) is 5.81. The Balaban J connectivity index is 1.67. The minimum Gasteiger partial charge on any atom is -0.381 e. The van der Waals surface area contributed by atoms with Gasteiger partial charge in [-0.3, -0.25) is 0 Å². The average Bonchev–Trinajstić information content (AvgIpc) is 3.21. The molecule has 3 heterocycles. The molecule has 0 aliphatic carbocycles. The molecule has 0 saturated carbocycles. The van der Waals surface area contributed by atoms with E-state index >= 15 is 0 Å². The normalized spacial score (nSPS) is 24.6. The van der Waals surface area contributed by atoms with Crippen molar-refractivity contribution < 1.29 is 9.47 Å². The van der Waals surface area contributed by atoms with Gasteiger partial charge in [0.25, 0.3) is 0 Å². The molecule has 0 spiro atoms. The molecule has 2 fully saturated rings. The first-order valence-electron chi connectivity index (χ1n) is 8.13. The van der Waals surface area contributed by atoms with Gasteiger partial charge in [-0.05, 0) is 12.8 Å². The molecule has 1 aromatic heterocycles. The highest BCUT2D eigenvalue weighted by molar-refractivity contribution is 5.61. The van der Waals surface area contributed by atoms with E-state index in [0.717, 1.165) is 64.0 Å². The van der Waals surface area contributed by atoms with Gasteiger partial charge in [-0.1, -0.05) is 0 Å². The second-order valence-electron chi connectivity index (χ2n) is 6.42. The Morgan fingerprint density at radius 3 is 1.73 bits per heavy atom. The lowest BCUT2D eigenvalue weighted by Crippen LogP contribution is -2.31. The summed E-state index contributed by atoms with van der Waals surface area (Å²) in [6, 6.07) is 0. The maximum atomic E-state index is 5.47. The van der Waals surface area contributed by atoms with Gasteiger partial charge in [0.2, 0.25) is 0 Å². The van der Waals surface area contributed by atoms with Gasteiger partial charge < -0.3 is 19.3 Å². The maximum Gasteiger partial charge on any atom is 0.171 e. The minimum atomic E-state index is 0.591. The molecule has 2 aliphatic heterocycles. The molecule has 2 aliphatic rings. The highest BCUT2D eigenvalue weighted by Crippen LogP contribution is 2.26. The number of ether oxygens (including phenoxy) is 2. The van der Waals surface area contributed by atoms with Crippen LogP contribution in [0.3, 0.4) is 0 Å². The fraction of sp³-hybridized carbons (Fsp3) is 0.750. The topological polar surface area (TPSA) is 50.7 Å². The third-order valence-electron chi connectivity index (χ3n) is 4.50. The van der Waals surface area contributed by atoms with Gasteiger partial charge in [-0.2, -0.15) is 0 Å². The fourth-order valence-electron chi connectivity index (χ4n) is 3.26. The van der Waals surface area contributed by atoms with Gasteiger partial charge in [0.05, 0.1) is 13.2 Å². The lowest BCUT2D eigenvalue weighted by molar-refractivity contribution is 0.186. The predicted molar refractivity (Wildman–Crippen MR) is 86.4 cm³/mol. The molecule has 0 radical (unpaired) electrons. The molecule has 0 bridgehead atoms. The third-order valence-corrected chi connectivity index (χ3v) is 4.50. The van der Waals surface area contributed by atoms with Crippen molar-refractivity contribution in [2.24, 2.45) is 11.8 Å². The maximum absolute atomic E-state index is 5.47. The largest absolute Gasteiger partial charge is 0.381 e. The SMILES string of the molecule is CN(C[C@@H]1CCOC1)c1nccnc1N(C)C[C@H]1CCOC1. The van der Waals surface area contributed by atoms with E-state index in [9.17, 15) is 0 Å². The van der Waals surface area contributed by atoms with Crippen LogP contribution in [0.25, 0.3) is 0 Å². The Morgan fingerprint density at radius 1 is 0.909 bits per heavy atom. The summed E-state index contributed by atoms with van der Waals surface area (Å²) in [4.78, 5) is 13.6. The number of hydrogen-bond acceptors (Lipinski definition) is 6. The Bertz CT molecular complexity index is 430. The number of nitrogens with zero attached hydrogens (tertiary/aromatic N) is 4. The molecule has 0 aromatic carbocycles.